The van der Waals surface area contributed by atoms with Crippen molar-refractivity contribution in [2.45, 2.75) is 19.3 Å². The van der Waals surface area contributed by atoms with Gasteiger partial charge in [0, 0.05) is 18.6 Å². The number of nitrogens with zero attached hydrogens (tertiary/aromatic N) is 2. The van der Waals surface area contributed by atoms with Crippen LogP contribution in [0.3, 0.4) is 0 Å². The molecule has 0 saturated carbocycles. The van der Waals surface area contributed by atoms with Gasteiger partial charge in [-0.2, -0.15) is 0 Å². The summed E-state index contributed by atoms with van der Waals surface area (Å²) >= 11 is 5.74. The van der Waals surface area contributed by atoms with Gasteiger partial charge >= 0.3 is 0 Å². The van der Waals surface area contributed by atoms with E-state index in [1.54, 1.807) is 6.26 Å². The van der Waals surface area contributed by atoms with Crippen LogP contribution in [0, 0.1) is 0 Å². The topological polar surface area (TPSA) is 29.3 Å². The van der Waals surface area contributed by atoms with Gasteiger partial charge in [0.2, 0.25) is 0 Å². The van der Waals surface area contributed by atoms with Crippen molar-refractivity contribution in [2.24, 2.45) is 0 Å². The predicted octanol–water partition coefficient (Wildman–Crippen LogP) is 3.44. The summed E-state index contributed by atoms with van der Waals surface area (Å²) in [6.07, 6.45) is 3.50. The number of hydrogen-bond acceptors (Lipinski definition) is 3. The molecule has 4 heteroatoms. The zero-order chi connectivity index (χ0) is 12.1. The molecular formula is C13H15ClN2O. The van der Waals surface area contributed by atoms with Gasteiger partial charge in [0.15, 0.2) is 0 Å². The van der Waals surface area contributed by atoms with Gasteiger partial charge in [0.1, 0.15) is 11.6 Å². The Kier molecular flexibility index (Phi) is 4.04. The van der Waals surface area contributed by atoms with Crippen molar-refractivity contribution < 1.29 is 4.42 Å². The third kappa shape index (κ3) is 3.01. The number of aromatic nitrogens is 1. The first-order valence-corrected chi connectivity index (χ1v) is 6.15. The van der Waals surface area contributed by atoms with Crippen LogP contribution in [0.15, 0.2) is 41.1 Å². The molecule has 0 aliphatic carbocycles. The molecule has 0 bridgehead atoms. The van der Waals surface area contributed by atoms with Crippen molar-refractivity contribution in [3.8, 4) is 0 Å². The van der Waals surface area contributed by atoms with Crippen molar-refractivity contribution in [3.05, 3.63) is 48.0 Å². The van der Waals surface area contributed by atoms with E-state index in [2.05, 4.69) is 16.8 Å². The van der Waals surface area contributed by atoms with Gasteiger partial charge in [-0.25, -0.2) is 4.98 Å². The van der Waals surface area contributed by atoms with Crippen LogP contribution in [0.1, 0.15) is 18.2 Å². The Bertz CT molecular complexity index is 439. The zero-order valence-corrected chi connectivity index (χ0v) is 10.5. The summed E-state index contributed by atoms with van der Waals surface area (Å²) in [4.78, 5) is 6.55. The van der Waals surface area contributed by atoms with Crippen LogP contribution < -0.4 is 4.90 Å². The fourth-order valence-electron chi connectivity index (χ4n) is 1.63. The summed E-state index contributed by atoms with van der Waals surface area (Å²) < 4.78 is 5.34. The summed E-state index contributed by atoms with van der Waals surface area (Å²) in [6.45, 7) is 3.71. The molecule has 2 aromatic rings. The lowest BCUT2D eigenvalue weighted by Gasteiger charge is -2.20. The second-order valence-electron chi connectivity index (χ2n) is 3.75. The minimum absolute atomic E-state index is 0.498. The summed E-state index contributed by atoms with van der Waals surface area (Å²) in [7, 11) is 0. The van der Waals surface area contributed by atoms with Crippen LogP contribution in [0.2, 0.25) is 0 Å². The lowest BCUT2D eigenvalue weighted by Crippen LogP contribution is -2.22. The number of rotatable bonds is 5. The van der Waals surface area contributed by atoms with E-state index in [0.29, 0.717) is 5.88 Å². The molecule has 0 spiro atoms. The Morgan fingerprint density at radius 3 is 2.76 bits per heavy atom. The minimum Gasteiger partial charge on any atom is -0.467 e. The first-order chi connectivity index (χ1) is 8.33. The van der Waals surface area contributed by atoms with Gasteiger partial charge in [-0.1, -0.05) is 6.07 Å². The number of halogens is 1. The Morgan fingerprint density at radius 1 is 1.35 bits per heavy atom. The van der Waals surface area contributed by atoms with Crippen LogP contribution in [0.5, 0.6) is 0 Å². The number of anilines is 1. The normalized spacial score (nSPS) is 10.5. The van der Waals surface area contributed by atoms with Gasteiger partial charge in [0.05, 0.1) is 12.8 Å². The lowest BCUT2D eigenvalue weighted by atomic mass is 10.3. The van der Waals surface area contributed by atoms with Crippen LogP contribution in [0.4, 0.5) is 5.82 Å². The molecule has 2 rings (SSSR count). The average Bonchev–Trinajstić information content (AvgIpc) is 2.89. The first kappa shape index (κ1) is 12.0. The molecule has 17 heavy (non-hydrogen) atoms. The van der Waals surface area contributed by atoms with Gasteiger partial charge < -0.3 is 9.32 Å². The molecule has 90 valence electrons. The van der Waals surface area contributed by atoms with Gasteiger partial charge in [-0.05, 0) is 30.7 Å². The third-order valence-electron chi connectivity index (χ3n) is 2.60. The molecule has 0 N–H and O–H groups in total. The van der Waals surface area contributed by atoms with Crippen LogP contribution >= 0.6 is 11.6 Å². The van der Waals surface area contributed by atoms with Crippen molar-refractivity contribution in [3.63, 3.8) is 0 Å². The van der Waals surface area contributed by atoms with Crippen LogP contribution in [-0.2, 0) is 12.4 Å². The average molecular weight is 251 g/mol. The van der Waals surface area contributed by atoms with Crippen LogP contribution in [0.25, 0.3) is 0 Å². The molecule has 3 nitrogen and oxygen atoms in total. The fraction of sp³-hybridized carbons (Fsp3) is 0.308. The standard InChI is InChI=1S/C13H15ClN2O/c1-2-16(10-12-4-3-7-17-12)13-6-5-11(8-14)9-15-13/h3-7,9H,2,8,10H2,1H3. The van der Waals surface area contributed by atoms with Crippen LogP contribution in [-0.4, -0.2) is 11.5 Å². The largest absolute Gasteiger partial charge is 0.467 e. The number of hydrogen-bond donors (Lipinski definition) is 0. The quantitative estimate of drug-likeness (QED) is 0.762. The van der Waals surface area contributed by atoms with E-state index in [1.165, 1.54) is 0 Å². The Balaban J connectivity index is 2.11. The molecule has 0 aliphatic heterocycles. The van der Waals surface area contributed by atoms with Crippen molar-refractivity contribution in [1.29, 1.82) is 0 Å². The summed E-state index contributed by atoms with van der Waals surface area (Å²) in [5.41, 5.74) is 1.03. The predicted molar refractivity (Wildman–Crippen MR) is 69.2 cm³/mol. The molecule has 0 aromatic carbocycles. The highest BCUT2D eigenvalue weighted by molar-refractivity contribution is 6.17. The highest BCUT2D eigenvalue weighted by Gasteiger charge is 2.08. The fourth-order valence-corrected chi connectivity index (χ4v) is 1.79. The second kappa shape index (κ2) is 5.73. The molecule has 0 saturated heterocycles. The van der Waals surface area contributed by atoms with Gasteiger partial charge in [-0.3, -0.25) is 0 Å². The van der Waals surface area contributed by atoms with Crippen molar-refractivity contribution in [2.75, 3.05) is 11.4 Å². The van der Waals surface area contributed by atoms with E-state index >= 15 is 0 Å². The van der Waals surface area contributed by atoms with Crippen molar-refractivity contribution >= 4 is 17.4 Å². The molecule has 0 radical (unpaired) electrons. The molecule has 0 fully saturated rings. The maximum Gasteiger partial charge on any atom is 0.128 e. The summed E-state index contributed by atoms with van der Waals surface area (Å²) in [5.74, 6) is 2.38. The van der Waals surface area contributed by atoms with E-state index < -0.39 is 0 Å². The third-order valence-corrected chi connectivity index (χ3v) is 2.90. The van der Waals surface area contributed by atoms with E-state index in [1.807, 2.05) is 30.5 Å². The smallest absolute Gasteiger partial charge is 0.128 e. The zero-order valence-electron chi connectivity index (χ0n) is 9.77. The number of alkyl halides is 1. The highest BCUT2D eigenvalue weighted by atomic mass is 35.5. The number of furan rings is 1. The Morgan fingerprint density at radius 2 is 2.24 bits per heavy atom. The molecule has 0 atom stereocenters. The highest BCUT2D eigenvalue weighted by Crippen LogP contribution is 2.15. The first-order valence-electron chi connectivity index (χ1n) is 5.61. The molecule has 2 aromatic heterocycles. The molecular weight excluding hydrogens is 236 g/mol. The lowest BCUT2D eigenvalue weighted by molar-refractivity contribution is 0.503. The summed E-state index contributed by atoms with van der Waals surface area (Å²) in [5, 5.41) is 0. The second-order valence-corrected chi connectivity index (χ2v) is 4.02. The monoisotopic (exact) mass is 250 g/mol. The number of pyridine rings is 1. The Hall–Kier alpha value is -1.48. The summed E-state index contributed by atoms with van der Waals surface area (Å²) in [6, 6.07) is 7.85. The maximum absolute atomic E-state index is 5.74. The van der Waals surface area contributed by atoms with Gasteiger partial charge in [0.25, 0.3) is 0 Å². The van der Waals surface area contributed by atoms with E-state index in [-0.39, 0.29) is 0 Å². The molecule has 0 aliphatic rings. The van der Waals surface area contributed by atoms with E-state index in [9.17, 15) is 0 Å². The maximum atomic E-state index is 5.74. The Labute approximate surface area is 106 Å². The van der Waals surface area contributed by atoms with E-state index in [4.69, 9.17) is 16.0 Å². The molecule has 0 amide bonds. The van der Waals surface area contributed by atoms with E-state index in [0.717, 1.165) is 30.2 Å². The molecule has 0 unspecified atom stereocenters. The van der Waals surface area contributed by atoms with Crippen molar-refractivity contribution in [1.82, 2.24) is 4.98 Å². The SMILES string of the molecule is CCN(Cc1ccco1)c1ccc(CCl)cn1. The molecule has 2 heterocycles. The van der Waals surface area contributed by atoms with Gasteiger partial charge in [-0.15, -0.1) is 11.6 Å². The minimum atomic E-state index is 0.498.